The van der Waals surface area contributed by atoms with Gasteiger partial charge in [0, 0.05) is 19.2 Å². The van der Waals surface area contributed by atoms with Gasteiger partial charge in [0.25, 0.3) is 0 Å². The molecule has 0 radical (unpaired) electrons. The number of carbonyl (C=O) groups is 1. The lowest BCUT2D eigenvalue weighted by atomic mass is 10.4. The number of hydrogen-bond donors (Lipinski definition) is 4. The Morgan fingerprint density at radius 1 is 1.60 bits per heavy atom. The number of nitrogens with one attached hydrogen (secondary N) is 2. The first-order valence-corrected chi connectivity index (χ1v) is 4.94. The standard InChI is InChI=1S/C7H11BrN6O/c8-4-3-12-7(14-10)13-6(4)11-2-1-5(9)15/h3H,1-2,10H2,(H2,9,15)(H2,11,12,13,14). The van der Waals surface area contributed by atoms with E-state index in [2.05, 4.69) is 36.6 Å². The number of halogens is 1. The summed E-state index contributed by atoms with van der Waals surface area (Å²) in [7, 11) is 0. The zero-order chi connectivity index (χ0) is 11.3. The zero-order valence-electron chi connectivity index (χ0n) is 7.83. The fourth-order valence-electron chi connectivity index (χ4n) is 0.865. The maximum absolute atomic E-state index is 10.5. The van der Waals surface area contributed by atoms with Crippen molar-refractivity contribution in [3.8, 4) is 0 Å². The van der Waals surface area contributed by atoms with Gasteiger partial charge in [0.1, 0.15) is 5.82 Å². The summed E-state index contributed by atoms with van der Waals surface area (Å²) in [5.74, 6) is 5.63. The van der Waals surface area contributed by atoms with Crippen molar-refractivity contribution in [1.29, 1.82) is 0 Å². The minimum Gasteiger partial charge on any atom is -0.370 e. The number of hydrogen-bond acceptors (Lipinski definition) is 6. The lowest BCUT2D eigenvalue weighted by Crippen LogP contribution is -2.17. The summed E-state index contributed by atoms with van der Waals surface area (Å²) in [6.07, 6.45) is 1.79. The van der Waals surface area contributed by atoms with E-state index < -0.39 is 0 Å². The number of hydrazine groups is 1. The number of carbonyl (C=O) groups excluding carboxylic acids is 1. The third kappa shape index (κ3) is 3.68. The minimum absolute atomic E-state index is 0.238. The van der Waals surface area contributed by atoms with Gasteiger partial charge in [-0.15, -0.1) is 0 Å². The molecule has 15 heavy (non-hydrogen) atoms. The molecule has 0 unspecified atom stereocenters. The van der Waals surface area contributed by atoms with Crippen LogP contribution in [0.5, 0.6) is 0 Å². The van der Waals surface area contributed by atoms with Gasteiger partial charge in [-0.05, 0) is 15.9 Å². The summed E-state index contributed by atoms with van der Waals surface area (Å²) in [6, 6.07) is 0. The van der Waals surface area contributed by atoms with Crippen molar-refractivity contribution >= 4 is 33.6 Å². The van der Waals surface area contributed by atoms with Gasteiger partial charge in [-0.3, -0.25) is 10.2 Å². The summed E-state index contributed by atoms with van der Waals surface area (Å²) >= 11 is 3.25. The minimum atomic E-state index is -0.371. The molecule has 1 aromatic rings. The molecule has 1 rings (SSSR count). The van der Waals surface area contributed by atoms with Gasteiger partial charge in [0.05, 0.1) is 4.47 Å². The van der Waals surface area contributed by atoms with Crippen molar-refractivity contribution in [3.63, 3.8) is 0 Å². The van der Waals surface area contributed by atoms with Gasteiger partial charge in [0.15, 0.2) is 0 Å². The molecule has 0 bridgehead atoms. The first-order valence-electron chi connectivity index (χ1n) is 4.15. The van der Waals surface area contributed by atoms with Crippen LogP contribution >= 0.6 is 15.9 Å². The second kappa shape index (κ2) is 5.47. The molecule has 0 aliphatic rings. The van der Waals surface area contributed by atoms with Crippen LogP contribution in [0.4, 0.5) is 11.8 Å². The number of primary amides is 1. The van der Waals surface area contributed by atoms with Crippen LogP contribution in [-0.4, -0.2) is 22.4 Å². The van der Waals surface area contributed by atoms with Crippen molar-refractivity contribution in [2.24, 2.45) is 11.6 Å². The molecule has 0 saturated heterocycles. The number of nitrogens with zero attached hydrogens (tertiary/aromatic N) is 2. The van der Waals surface area contributed by atoms with Crippen molar-refractivity contribution in [2.75, 3.05) is 17.3 Å². The van der Waals surface area contributed by atoms with E-state index in [0.29, 0.717) is 22.8 Å². The lowest BCUT2D eigenvalue weighted by molar-refractivity contribution is -0.117. The van der Waals surface area contributed by atoms with Crippen LogP contribution in [0.25, 0.3) is 0 Å². The highest BCUT2D eigenvalue weighted by Gasteiger charge is 2.04. The molecule has 1 heterocycles. The highest BCUT2D eigenvalue weighted by atomic mass is 79.9. The monoisotopic (exact) mass is 274 g/mol. The second-order valence-electron chi connectivity index (χ2n) is 2.68. The van der Waals surface area contributed by atoms with Crippen molar-refractivity contribution < 1.29 is 4.79 Å². The predicted molar refractivity (Wildman–Crippen MR) is 59.8 cm³/mol. The molecule has 8 heteroatoms. The van der Waals surface area contributed by atoms with Crippen LogP contribution in [0.1, 0.15) is 6.42 Å². The van der Waals surface area contributed by atoms with Crippen LogP contribution < -0.4 is 22.3 Å². The Morgan fingerprint density at radius 2 is 2.33 bits per heavy atom. The summed E-state index contributed by atoms with van der Waals surface area (Å²) < 4.78 is 0.686. The number of nitrogens with two attached hydrogens (primary N) is 2. The number of anilines is 2. The molecule has 0 fully saturated rings. The van der Waals surface area contributed by atoms with Crippen molar-refractivity contribution in [2.45, 2.75) is 6.42 Å². The van der Waals surface area contributed by atoms with Gasteiger partial charge in [-0.25, -0.2) is 10.8 Å². The molecule has 1 amide bonds. The van der Waals surface area contributed by atoms with E-state index in [1.54, 1.807) is 6.20 Å². The fraction of sp³-hybridized carbons (Fsp3) is 0.286. The zero-order valence-corrected chi connectivity index (χ0v) is 9.41. The smallest absolute Gasteiger partial charge is 0.239 e. The molecule has 1 aromatic heterocycles. The van der Waals surface area contributed by atoms with Crippen molar-refractivity contribution in [1.82, 2.24) is 9.97 Å². The summed E-state index contributed by atoms with van der Waals surface area (Å²) in [6.45, 7) is 0.412. The first kappa shape index (κ1) is 11.7. The largest absolute Gasteiger partial charge is 0.370 e. The second-order valence-corrected chi connectivity index (χ2v) is 3.53. The Balaban J connectivity index is 2.62. The van der Waals surface area contributed by atoms with Crippen LogP contribution in [0.15, 0.2) is 10.7 Å². The van der Waals surface area contributed by atoms with E-state index in [-0.39, 0.29) is 12.3 Å². The highest BCUT2D eigenvalue weighted by molar-refractivity contribution is 9.10. The van der Waals surface area contributed by atoms with E-state index in [1.807, 2.05) is 0 Å². The van der Waals surface area contributed by atoms with Gasteiger partial charge < -0.3 is 11.1 Å². The molecule has 0 saturated carbocycles. The average Bonchev–Trinajstić information content (AvgIpc) is 2.20. The molecular formula is C7H11BrN6O. The summed E-state index contributed by atoms with van der Waals surface area (Å²) in [5, 5.41) is 2.92. The third-order valence-electron chi connectivity index (χ3n) is 1.54. The maximum Gasteiger partial charge on any atom is 0.239 e. The Bertz CT molecular complexity index is 357. The molecule has 6 N–H and O–H groups in total. The van der Waals surface area contributed by atoms with E-state index in [9.17, 15) is 4.79 Å². The number of rotatable bonds is 5. The Kier molecular flexibility index (Phi) is 4.25. The lowest BCUT2D eigenvalue weighted by Gasteiger charge is -2.07. The van der Waals surface area contributed by atoms with Crippen LogP contribution in [0, 0.1) is 0 Å². The van der Waals surface area contributed by atoms with E-state index in [1.165, 1.54) is 0 Å². The highest BCUT2D eigenvalue weighted by Crippen LogP contribution is 2.19. The summed E-state index contributed by atoms with van der Waals surface area (Å²) in [5.41, 5.74) is 7.31. The molecular weight excluding hydrogens is 264 g/mol. The number of aromatic nitrogens is 2. The summed E-state index contributed by atoms with van der Waals surface area (Å²) in [4.78, 5) is 18.4. The van der Waals surface area contributed by atoms with E-state index >= 15 is 0 Å². The number of amides is 1. The van der Waals surface area contributed by atoms with E-state index in [4.69, 9.17) is 11.6 Å². The Labute approximate surface area is 94.7 Å². The third-order valence-corrected chi connectivity index (χ3v) is 2.12. The number of nitrogen functional groups attached to an aromatic ring is 1. The Hall–Kier alpha value is -1.41. The fourth-order valence-corrected chi connectivity index (χ4v) is 1.20. The Morgan fingerprint density at radius 3 is 2.93 bits per heavy atom. The van der Waals surface area contributed by atoms with Crippen LogP contribution in [0.2, 0.25) is 0 Å². The molecule has 0 spiro atoms. The molecule has 0 aromatic carbocycles. The predicted octanol–water partition coefficient (Wildman–Crippen LogP) is -0.188. The van der Waals surface area contributed by atoms with Crippen molar-refractivity contribution in [3.05, 3.63) is 10.7 Å². The molecule has 0 aliphatic heterocycles. The van der Waals surface area contributed by atoms with Gasteiger partial charge in [-0.1, -0.05) is 0 Å². The normalized spacial score (nSPS) is 9.73. The molecule has 7 nitrogen and oxygen atoms in total. The molecule has 0 aliphatic carbocycles. The van der Waals surface area contributed by atoms with Gasteiger partial charge in [-0.2, -0.15) is 4.98 Å². The van der Waals surface area contributed by atoms with Crippen LogP contribution in [-0.2, 0) is 4.79 Å². The van der Waals surface area contributed by atoms with Gasteiger partial charge in [0.2, 0.25) is 11.9 Å². The van der Waals surface area contributed by atoms with E-state index in [0.717, 1.165) is 0 Å². The first-order chi connectivity index (χ1) is 7.13. The SMILES string of the molecule is NNc1ncc(Br)c(NCCC(N)=O)n1. The molecule has 0 atom stereocenters. The molecule has 82 valence electrons. The maximum atomic E-state index is 10.5. The van der Waals surface area contributed by atoms with Gasteiger partial charge >= 0.3 is 0 Å². The quantitative estimate of drug-likeness (QED) is 0.437. The topological polar surface area (TPSA) is 119 Å². The van der Waals surface area contributed by atoms with Crippen LogP contribution in [0.3, 0.4) is 0 Å². The average molecular weight is 275 g/mol.